The van der Waals surface area contributed by atoms with Gasteiger partial charge in [0.05, 0.1) is 11.9 Å². The zero-order valence-electron chi connectivity index (χ0n) is 10.2. The summed E-state index contributed by atoms with van der Waals surface area (Å²) in [4.78, 5) is 18.9. The number of H-pyrrole nitrogens is 1. The Morgan fingerprint density at radius 2 is 2.21 bits per heavy atom. The second kappa shape index (κ2) is 4.49. The Morgan fingerprint density at radius 1 is 1.42 bits per heavy atom. The number of aliphatic carboxylic acids is 1. The van der Waals surface area contributed by atoms with Gasteiger partial charge in [0.25, 0.3) is 0 Å². The number of aromatic amines is 1. The average molecular weight is 321 g/mol. The SMILES string of the molecule is O=C(O)C1(c2ncc(-c3cccc(Br)c3)[nH]2)CCC1. The van der Waals surface area contributed by atoms with E-state index in [2.05, 4.69) is 25.9 Å². The van der Waals surface area contributed by atoms with Gasteiger partial charge in [0.2, 0.25) is 0 Å². The van der Waals surface area contributed by atoms with E-state index in [1.165, 1.54) is 0 Å². The Morgan fingerprint density at radius 3 is 2.79 bits per heavy atom. The Labute approximate surface area is 119 Å². The van der Waals surface area contributed by atoms with Crippen LogP contribution in [0.5, 0.6) is 0 Å². The van der Waals surface area contributed by atoms with Crippen molar-refractivity contribution < 1.29 is 9.90 Å². The van der Waals surface area contributed by atoms with Crippen LogP contribution in [0.1, 0.15) is 25.1 Å². The summed E-state index contributed by atoms with van der Waals surface area (Å²) in [5.74, 6) is -0.213. The zero-order chi connectivity index (χ0) is 13.5. The minimum absolute atomic E-state index is 0.571. The molecule has 1 aliphatic rings. The van der Waals surface area contributed by atoms with Crippen LogP contribution in [0.3, 0.4) is 0 Å². The lowest BCUT2D eigenvalue weighted by Crippen LogP contribution is -2.43. The van der Waals surface area contributed by atoms with Crippen molar-refractivity contribution >= 4 is 21.9 Å². The van der Waals surface area contributed by atoms with E-state index < -0.39 is 11.4 Å². The highest BCUT2D eigenvalue weighted by molar-refractivity contribution is 9.10. The molecule has 3 rings (SSSR count). The van der Waals surface area contributed by atoms with Gasteiger partial charge in [-0.1, -0.05) is 34.5 Å². The summed E-state index contributed by atoms with van der Waals surface area (Å²) in [6, 6.07) is 7.84. The molecule has 1 aliphatic carbocycles. The molecule has 1 saturated carbocycles. The number of hydrogen-bond donors (Lipinski definition) is 2. The average Bonchev–Trinajstić information content (AvgIpc) is 2.76. The Balaban J connectivity index is 1.98. The Hall–Kier alpha value is -1.62. The number of carbonyl (C=O) groups is 1. The molecule has 5 heteroatoms. The lowest BCUT2D eigenvalue weighted by atomic mass is 9.68. The molecule has 2 N–H and O–H groups in total. The number of carboxylic acid groups (broad SMARTS) is 1. The summed E-state index contributed by atoms with van der Waals surface area (Å²) in [6.07, 6.45) is 3.97. The summed E-state index contributed by atoms with van der Waals surface area (Å²) in [6.45, 7) is 0. The van der Waals surface area contributed by atoms with Gasteiger partial charge in [-0.15, -0.1) is 0 Å². The van der Waals surface area contributed by atoms with E-state index in [1.807, 2.05) is 24.3 Å². The molecule has 1 heterocycles. The fourth-order valence-corrected chi connectivity index (χ4v) is 2.85. The smallest absolute Gasteiger partial charge is 0.317 e. The first-order valence-corrected chi connectivity index (χ1v) is 6.96. The van der Waals surface area contributed by atoms with Crippen molar-refractivity contribution in [3.8, 4) is 11.3 Å². The highest BCUT2D eigenvalue weighted by atomic mass is 79.9. The number of imidazole rings is 1. The van der Waals surface area contributed by atoms with E-state index in [4.69, 9.17) is 0 Å². The molecule has 0 saturated heterocycles. The first-order chi connectivity index (χ1) is 9.12. The summed E-state index contributed by atoms with van der Waals surface area (Å²) in [5.41, 5.74) is 1.04. The van der Waals surface area contributed by atoms with Crippen molar-refractivity contribution in [1.29, 1.82) is 0 Å². The van der Waals surface area contributed by atoms with Gasteiger partial charge >= 0.3 is 5.97 Å². The molecule has 0 bridgehead atoms. The standard InChI is InChI=1S/C14H13BrN2O2/c15-10-4-1-3-9(7-10)11-8-16-12(17-11)14(13(18)19)5-2-6-14/h1,3-4,7-8H,2,5-6H2,(H,16,17)(H,18,19). The molecular formula is C14H13BrN2O2. The number of nitrogens with one attached hydrogen (secondary N) is 1. The number of nitrogens with zero attached hydrogens (tertiary/aromatic N) is 1. The summed E-state index contributed by atoms with van der Waals surface area (Å²) >= 11 is 3.43. The van der Waals surface area contributed by atoms with Crippen LogP contribution in [0.2, 0.25) is 0 Å². The summed E-state index contributed by atoms with van der Waals surface area (Å²) < 4.78 is 0.984. The molecule has 0 aliphatic heterocycles. The van der Waals surface area contributed by atoms with E-state index in [9.17, 15) is 9.90 Å². The summed E-state index contributed by atoms with van der Waals surface area (Å²) in [5, 5.41) is 9.39. The van der Waals surface area contributed by atoms with Crippen molar-refractivity contribution in [1.82, 2.24) is 9.97 Å². The van der Waals surface area contributed by atoms with E-state index in [0.29, 0.717) is 18.7 Å². The van der Waals surface area contributed by atoms with E-state index >= 15 is 0 Å². The van der Waals surface area contributed by atoms with Crippen LogP contribution in [-0.2, 0) is 10.2 Å². The Bertz CT molecular complexity index is 632. The van der Waals surface area contributed by atoms with Crippen molar-refractivity contribution in [3.63, 3.8) is 0 Å². The molecule has 0 unspecified atom stereocenters. The molecule has 98 valence electrons. The van der Waals surface area contributed by atoms with Crippen molar-refractivity contribution in [3.05, 3.63) is 40.8 Å². The van der Waals surface area contributed by atoms with Gasteiger partial charge < -0.3 is 10.1 Å². The molecule has 1 fully saturated rings. The van der Waals surface area contributed by atoms with E-state index in [-0.39, 0.29) is 0 Å². The second-order valence-electron chi connectivity index (χ2n) is 4.90. The topological polar surface area (TPSA) is 66.0 Å². The number of aromatic nitrogens is 2. The van der Waals surface area contributed by atoms with Crippen LogP contribution in [0.4, 0.5) is 0 Å². The normalized spacial score (nSPS) is 16.9. The number of rotatable bonds is 3. The lowest BCUT2D eigenvalue weighted by molar-refractivity contribution is -0.147. The first kappa shape index (κ1) is 12.4. The summed E-state index contributed by atoms with van der Waals surface area (Å²) in [7, 11) is 0. The van der Waals surface area contributed by atoms with Gasteiger partial charge in [-0.05, 0) is 25.0 Å². The number of benzene rings is 1. The molecule has 0 amide bonds. The van der Waals surface area contributed by atoms with Gasteiger partial charge in [-0.25, -0.2) is 4.98 Å². The fourth-order valence-electron chi connectivity index (χ4n) is 2.45. The maximum absolute atomic E-state index is 11.4. The molecule has 0 atom stereocenters. The highest BCUT2D eigenvalue weighted by Crippen LogP contribution is 2.43. The molecule has 4 nitrogen and oxygen atoms in total. The lowest BCUT2D eigenvalue weighted by Gasteiger charge is -2.35. The van der Waals surface area contributed by atoms with Crippen LogP contribution >= 0.6 is 15.9 Å². The molecule has 1 aromatic heterocycles. The molecule has 19 heavy (non-hydrogen) atoms. The minimum Gasteiger partial charge on any atom is -0.480 e. The van der Waals surface area contributed by atoms with Gasteiger partial charge in [0.1, 0.15) is 11.2 Å². The monoisotopic (exact) mass is 320 g/mol. The van der Waals surface area contributed by atoms with Crippen molar-refractivity contribution in [2.24, 2.45) is 0 Å². The van der Waals surface area contributed by atoms with Gasteiger partial charge in [0.15, 0.2) is 0 Å². The zero-order valence-corrected chi connectivity index (χ0v) is 11.8. The van der Waals surface area contributed by atoms with Crippen LogP contribution in [0.15, 0.2) is 34.9 Å². The predicted molar refractivity (Wildman–Crippen MR) is 74.9 cm³/mol. The van der Waals surface area contributed by atoms with Crippen LogP contribution < -0.4 is 0 Å². The largest absolute Gasteiger partial charge is 0.480 e. The quantitative estimate of drug-likeness (QED) is 0.911. The highest BCUT2D eigenvalue weighted by Gasteiger charge is 2.48. The maximum Gasteiger partial charge on any atom is 0.317 e. The molecule has 1 aromatic carbocycles. The Kier molecular flexibility index (Phi) is 2.93. The third-order valence-electron chi connectivity index (χ3n) is 3.78. The van der Waals surface area contributed by atoms with Crippen LogP contribution in [0.25, 0.3) is 11.3 Å². The van der Waals surface area contributed by atoms with Gasteiger partial charge in [-0.3, -0.25) is 4.79 Å². The maximum atomic E-state index is 11.4. The minimum atomic E-state index is -0.801. The van der Waals surface area contributed by atoms with Crippen molar-refractivity contribution in [2.45, 2.75) is 24.7 Å². The number of halogens is 1. The van der Waals surface area contributed by atoms with Crippen LogP contribution in [-0.4, -0.2) is 21.0 Å². The molecule has 0 spiro atoms. The third kappa shape index (κ3) is 1.98. The van der Waals surface area contributed by atoms with E-state index in [1.54, 1.807) is 6.20 Å². The molecule has 2 aromatic rings. The first-order valence-electron chi connectivity index (χ1n) is 6.17. The van der Waals surface area contributed by atoms with Crippen LogP contribution in [0, 0.1) is 0 Å². The van der Waals surface area contributed by atoms with E-state index in [0.717, 1.165) is 22.2 Å². The van der Waals surface area contributed by atoms with Crippen molar-refractivity contribution in [2.75, 3.05) is 0 Å². The fraction of sp³-hybridized carbons (Fsp3) is 0.286. The number of hydrogen-bond acceptors (Lipinski definition) is 2. The third-order valence-corrected chi connectivity index (χ3v) is 4.27. The second-order valence-corrected chi connectivity index (χ2v) is 5.81. The van der Waals surface area contributed by atoms with Gasteiger partial charge in [0, 0.05) is 10.0 Å². The molecule has 0 radical (unpaired) electrons. The number of carboxylic acids is 1. The van der Waals surface area contributed by atoms with Gasteiger partial charge in [-0.2, -0.15) is 0 Å². The predicted octanol–water partition coefficient (Wildman–Crippen LogP) is 3.35. The molecular weight excluding hydrogens is 308 g/mol.